The normalized spacial score (nSPS) is 12.0. The van der Waals surface area contributed by atoms with Crippen LogP contribution in [0, 0.1) is 0 Å². The van der Waals surface area contributed by atoms with Crippen LogP contribution in [0.1, 0.15) is 17.0 Å². The molecule has 0 spiro atoms. The summed E-state index contributed by atoms with van der Waals surface area (Å²) in [5, 5.41) is 11.3. The summed E-state index contributed by atoms with van der Waals surface area (Å²) in [5.74, 6) is -1.47. The number of aromatic nitrogens is 4. The summed E-state index contributed by atoms with van der Waals surface area (Å²) >= 11 is 0. The predicted octanol–water partition coefficient (Wildman–Crippen LogP) is 3.17. The first-order chi connectivity index (χ1) is 12.5. The van der Waals surface area contributed by atoms with Gasteiger partial charge in [0.1, 0.15) is 7.11 Å². The molecule has 10 heteroatoms. The van der Waals surface area contributed by atoms with Crippen molar-refractivity contribution in [1.82, 2.24) is 19.9 Å². The van der Waals surface area contributed by atoms with Crippen LogP contribution in [0.25, 0.3) is 11.4 Å². The minimum Gasteiger partial charge on any atom is -0.399 e. The zero-order chi connectivity index (χ0) is 18.6. The number of benzene rings is 1. The second kappa shape index (κ2) is 7.38. The molecular weight excluding hydrogens is 351 g/mol. The van der Waals surface area contributed by atoms with E-state index in [1.165, 1.54) is 7.11 Å². The average Bonchev–Trinajstić information content (AvgIpc) is 3.25. The molecule has 0 aliphatic rings. The maximum absolute atomic E-state index is 12.5. The Morgan fingerprint density at radius 3 is 2.65 bits per heavy atom. The maximum atomic E-state index is 12.5. The quantitative estimate of drug-likeness (QED) is 0.495. The molecule has 2 aromatic heterocycles. The molecule has 136 valence electrons. The lowest BCUT2D eigenvalue weighted by Gasteiger charge is -2.02. The first-order valence-corrected chi connectivity index (χ1v) is 7.52. The van der Waals surface area contributed by atoms with Gasteiger partial charge in [-0.3, -0.25) is 4.68 Å². The number of halogens is 3. The summed E-state index contributed by atoms with van der Waals surface area (Å²) in [6.07, 6.45) is 1.19. The molecule has 0 radical (unpaired) electrons. The van der Waals surface area contributed by atoms with Gasteiger partial charge in [-0.2, -0.15) is 23.3 Å². The largest absolute Gasteiger partial charge is 0.471 e. The number of alkyl halides is 3. The van der Waals surface area contributed by atoms with E-state index in [9.17, 15) is 13.2 Å². The summed E-state index contributed by atoms with van der Waals surface area (Å²) in [5.41, 5.74) is 2.34. The lowest BCUT2D eigenvalue weighted by Crippen LogP contribution is -2.04. The number of oxime groups is 1. The van der Waals surface area contributed by atoms with Gasteiger partial charge in [-0.05, 0) is 11.1 Å². The molecule has 0 fully saturated rings. The molecule has 3 aromatic rings. The molecule has 0 saturated carbocycles. The SMILES string of the molecule is CO/N=C/Cc1cnn(Cc2ccc(-c3noc(C(F)(F)F)n3)cc2)c1. The molecule has 1 aromatic carbocycles. The Hall–Kier alpha value is -3.17. The average molecular weight is 365 g/mol. The minimum atomic E-state index is -4.66. The molecule has 2 heterocycles. The highest BCUT2D eigenvalue weighted by Crippen LogP contribution is 2.29. The molecule has 0 aliphatic heterocycles. The third-order valence-corrected chi connectivity index (χ3v) is 3.42. The fourth-order valence-corrected chi connectivity index (χ4v) is 2.22. The topological polar surface area (TPSA) is 78.3 Å². The van der Waals surface area contributed by atoms with Crippen molar-refractivity contribution in [2.75, 3.05) is 7.11 Å². The summed E-state index contributed by atoms with van der Waals surface area (Å²) in [7, 11) is 1.47. The lowest BCUT2D eigenvalue weighted by molar-refractivity contribution is -0.159. The van der Waals surface area contributed by atoms with E-state index in [2.05, 4.69) is 29.8 Å². The molecule has 0 amide bonds. The molecular formula is C16H14F3N5O2. The van der Waals surface area contributed by atoms with Gasteiger partial charge in [0.25, 0.3) is 0 Å². The van der Waals surface area contributed by atoms with Crippen LogP contribution in [0.15, 0.2) is 46.3 Å². The molecule has 0 saturated heterocycles. The first-order valence-electron chi connectivity index (χ1n) is 7.52. The summed E-state index contributed by atoms with van der Waals surface area (Å²) < 4.78 is 43.5. The summed E-state index contributed by atoms with van der Waals surface area (Å²) in [6, 6.07) is 6.81. The summed E-state index contributed by atoms with van der Waals surface area (Å²) in [4.78, 5) is 7.96. The third kappa shape index (κ3) is 4.26. The van der Waals surface area contributed by atoms with Gasteiger partial charge in [0.05, 0.1) is 12.7 Å². The van der Waals surface area contributed by atoms with Crippen LogP contribution in [-0.2, 0) is 24.0 Å². The van der Waals surface area contributed by atoms with Crippen molar-refractivity contribution in [2.24, 2.45) is 5.16 Å². The van der Waals surface area contributed by atoms with Crippen molar-refractivity contribution in [3.8, 4) is 11.4 Å². The smallest absolute Gasteiger partial charge is 0.399 e. The van der Waals surface area contributed by atoms with Crippen LogP contribution < -0.4 is 0 Å². The van der Waals surface area contributed by atoms with E-state index in [1.54, 1.807) is 41.4 Å². The Morgan fingerprint density at radius 2 is 2.00 bits per heavy atom. The van der Waals surface area contributed by atoms with Gasteiger partial charge in [-0.1, -0.05) is 34.6 Å². The van der Waals surface area contributed by atoms with Gasteiger partial charge in [0.2, 0.25) is 5.82 Å². The van der Waals surface area contributed by atoms with Crippen LogP contribution >= 0.6 is 0 Å². The fourth-order valence-electron chi connectivity index (χ4n) is 2.22. The molecule has 0 atom stereocenters. The van der Waals surface area contributed by atoms with Crippen LogP contribution in [0.2, 0.25) is 0 Å². The van der Waals surface area contributed by atoms with Gasteiger partial charge in [0, 0.05) is 24.4 Å². The predicted molar refractivity (Wildman–Crippen MR) is 85.3 cm³/mol. The summed E-state index contributed by atoms with van der Waals surface area (Å²) in [6.45, 7) is 0.516. The van der Waals surface area contributed by atoms with Crippen molar-refractivity contribution >= 4 is 6.21 Å². The Labute approximate surface area is 146 Å². The van der Waals surface area contributed by atoms with Crippen LogP contribution in [0.5, 0.6) is 0 Å². The number of hydrogen-bond acceptors (Lipinski definition) is 6. The Kier molecular flexibility index (Phi) is 5.01. The van der Waals surface area contributed by atoms with E-state index < -0.39 is 12.1 Å². The molecule has 26 heavy (non-hydrogen) atoms. The highest BCUT2D eigenvalue weighted by molar-refractivity contribution is 5.60. The zero-order valence-electron chi connectivity index (χ0n) is 13.6. The second-order valence-corrected chi connectivity index (χ2v) is 5.34. The molecule has 3 rings (SSSR count). The third-order valence-electron chi connectivity index (χ3n) is 3.42. The molecule has 0 N–H and O–H groups in total. The van der Waals surface area contributed by atoms with Crippen molar-refractivity contribution < 1.29 is 22.5 Å². The van der Waals surface area contributed by atoms with Crippen molar-refractivity contribution in [3.63, 3.8) is 0 Å². The minimum absolute atomic E-state index is 0.109. The van der Waals surface area contributed by atoms with E-state index in [-0.39, 0.29) is 5.82 Å². The van der Waals surface area contributed by atoms with Crippen molar-refractivity contribution in [3.05, 3.63) is 53.7 Å². The van der Waals surface area contributed by atoms with E-state index in [0.29, 0.717) is 18.5 Å². The van der Waals surface area contributed by atoms with Gasteiger partial charge < -0.3 is 9.36 Å². The van der Waals surface area contributed by atoms with Crippen molar-refractivity contribution in [2.45, 2.75) is 19.1 Å². The molecule has 0 bridgehead atoms. The van der Waals surface area contributed by atoms with Crippen LogP contribution in [0.3, 0.4) is 0 Å². The first kappa shape index (κ1) is 17.6. The van der Waals surface area contributed by atoms with Gasteiger partial charge in [0.15, 0.2) is 0 Å². The van der Waals surface area contributed by atoms with E-state index in [1.807, 2.05) is 6.20 Å². The van der Waals surface area contributed by atoms with Crippen LogP contribution in [0.4, 0.5) is 13.2 Å². The monoisotopic (exact) mass is 365 g/mol. The van der Waals surface area contributed by atoms with Crippen LogP contribution in [-0.4, -0.2) is 33.2 Å². The van der Waals surface area contributed by atoms with E-state index in [0.717, 1.165) is 11.1 Å². The Balaban J connectivity index is 1.66. The molecule has 0 aliphatic carbocycles. The van der Waals surface area contributed by atoms with E-state index in [4.69, 9.17) is 0 Å². The van der Waals surface area contributed by atoms with Gasteiger partial charge in [-0.25, -0.2) is 0 Å². The molecule has 0 unspecified atom stereocenters. The number of nitrogens with zero attached hydrogens (tertiary/aromatic N) is 5. The van der Waals surface area contributed by atoms with E-state index >= 15 is 0 Å². The maximum Gasteiger partial charge on any atom is 0.471 e. The highest BCUT2D eigenvalue weighted by Gasteiger charge is 2.38. The Bertz CT molecular complexity index is 884. The Morgan fingerprint density at radius 1 is 1.23 bits per heavy atom. The lowest BCUT2D eigenvalue weighted by atomic mass is 10.1. The zero-order valence-corrected chi connectivity index (χ0v) is 13.6. The van der Waals surface area contributed by atoms with Gasteiger partial charge in [-0.15, -0.1) is 0 Å². The number of rotatable bonds is 6. The second-order valence-electron chi connectivity index (χ2n) is 5.34. The molecule has 7 nitrogen and oxygen atoms in total. The van der Waals surface area contributed by atoms with Gasteiger partial charge >= 0.3 is 12.1 Å². The highest BCUT2D eigenvalue weighted by atomic mass is 19.4. The fraction of sp³-hybridized carbons (Fsp3) is 0.250. The van der Waals surface area contributed by atoms with Crippen molar-refractivity contribution in [1.29, 1.82) is 0 Å². The number of hydrogen-bond donors (Lipinski definition) is 0. The standard InChI is InChI=1S/C16H14F3N5O2/c1-25-21-7-6-12-8-20-24(10-12)9-11-2-4-13(5-3-11)14-22-15(26-23-14)16(17,18)19/h2-5,7-8,10H,6,9H2,1H3/b21-7+.